The van der Waals surface area contributed by atoms with Gasteiger partial charge in [-0.25, -0.2) is 9.37 Å². The summed E-state index contributed by atoms with van der Waals surface area (Å²) < 4.78 is 30.8. The van der Waals surface area contributed by atoms with Gasteiger partial charge in [0.05, 0.1) is 25.8 Å². The van der Waals surface area contributed by atoms with Gasteiger partial charge in [-0.3, -0.25) is 4.79 Å². The maximum Gasteiger partial charge on any atom is 0.306 e. The summed E-state index contributed by atoms with van der Waals surface area (Å²) in [5.74, 6) is -0.544. The third kappa shape index (κ3) is 5.96. The summed E-state index contributed by atoms with van der Waals surface area (Å²) in [4.78, 5) is 14.9. The van der Waals surface area contributed by atoms with Gasteiger partial charge in [0.15, 0.2) is 0 Å². The first-order valence-electron chi connectivity index (χ1n) is 9.95. The van der Waals surface area contributed by atoms with E-state index in [0.717, 1.165) is 17.3 Å². The molecule has 0 aliphatic heterocycles. The lowest BCUT2D eigenvalue weighted by molar-refractivity contribution is -0.140. The molecular weight excluding hydrogens is 437 g/mol. The van der Waals surface area contributed by atoms with Crippen LogP contribution in [-0.2, 0) is 16.1 Å². The Morgan fingerprint density at radius 2 is 1.91 bits per heavy atom. The number of benzene rings is 2. The monoisotopic (exact) mass is 459 g/mol. The number of hydrogen-bond donors (Lipinski definition) is 1. The topological polar surface area (TPSA) is 77.9 Å². The van der Waals surface area contributed by atoms with Crippen LogP contribution in [0.3, 0.4) is 0 Å². The molecule has 0 radical (unpaired) electrons. The number of hydrogen-bond acceptors (Lipinski definition) is 5. The van der Waals surface area contributed by atoms with Gasteiger partial charge in [-0.1, -0.05) is 29.8 Å². The fourth-order valence-electron chi connectivity index (χ4n) is 3.18. The average molecular weight is 460 g/mol. The molecule has 2 aromatic carbocycles. The van der Waals surface area contributed by atoms with Crippen molar-refractivity contribution in [2.24, 2.45) is 0 Å². The van der Waals surface area contributed by atoms with Crippen LogP contribution in [0.5, 0.6) is 11.6 Å². The van der Waals surface area contributed by atoms with Gasteiger partial charge in [-0.2, -0.15) is 0 Å². The Bertz CT molecular complexity index is 1070. The summed E-state index contributed by atoms with van der Waals surface area (Å²) in [5.41, 5.74) is 2.35. The second-order valence-corrected chi connectivity index (χ2v) is 7.33. The number of aliphatic carboxylic acids is 1. The van der Waals surface area contributed by atoms with E-state index in [4.69, 9.17) is 30.9 Å². The molecule has 6 nitrogen and oxygen atoms in total. The highest BCUT2D eigenvalue weighted by Gasteiger charge is 2.16. The summed E-state index contributed by atoms with van der Waals surface area (Å²) in [6.45, 7) is 2.47. The van der Waals surface area contributed by atoms with Crippen LogP contribution in [0.4, 0.5) is 4.39 Å². The largest absolute Gasteiger partial charge is 0.489 e. The predicted molar refractivity (Wildman–Crippen MR) is 119 cm³/mol. The number of aromatic nitrogens is 1. The zero-order valence-corrected chi connectivity index (χ0v) is 18.4. The Kier molecular flexibility index (Phi) is 8.03. The zero-order chi connectivity index (χ0) is 23.1. The number of carbonyl (C=O) groups is 1. The molecule has 0 aliphatic rings. The highest BCUT2D eigenvalue weighted by molar-refractivity contribution is 6.33. The predicted octanol–water partition coefficient (Wildman–Crippen LogP) is 5.68. The minimum absolute atomic E-state index is 0.113. The van der Waals surface area contributed by atoms with Gasteiger partial charge in [0.25, 0.3) is 0 Å². The van der Waals surface area contributed by atoms with Gasteiger partial charge in [0, 0.05) is 28.8 Å². The molecule has 0 saturated heterocycles. The van der Waals surface area contributed by atoms with Crippen LogP contribution in [0.15, 0.2) is 54.7 Å². The van der Waals surface area contributed by atoms with Crippen molar-refractivity contribution in [1.82, 2.24) is 4.98 Å². The maximum absolute atomic E-state index is 14.3. The Morgan fingerprint density at radius 1 is 1.16 bits per heavy atom. The van der Waals surface area contributed by atoms with Gasteiger partial charge < -0.3 is 19.3 Å². The number of methoxy groups -OCH3 is 1. The van der Waals surface area contributed by atoms with Crippen LogP contribution in [-0.4, -0.2) is 29.8 Å². The molecule has 0 spiro atoms. The first kappa shape index (κ1) is 23.5. The molecule has 0 saturated carbocycles. The first-order valence-corrected chi connectivity index (χ1v) is 10.3. The lowest BCUT2D eigenvalue weighted by Crippen LogP contribution is -2.10. The van der Waals surface area contributed by atoms with E-state index in [9.17, 15) is 9.18 Å². The second kappa shape index (κ2) is 10.9. The van der Waals surface area contributed by atoms with Gasteiger partial charge in [0.2, 0.25) is 5.88 Å². The van der Waals surface area contributed by atoms with E-state index >= 15 is 0 Å². The summed E-state index contributed by atoms with van der Waals surface area (Å²) in [5, 5.41) is 9.45. The van der Waals surface area contributed by atoms with Gasteiger partial charge in [-0.15, -0.1) is 0 Å². The number of pyridine rings is 1. The smallest absolute Gasteiger partial charge is 0.306 e. The zero-order valence-electron chi connectivity index (χ0n) is 17.7. The van der Waals surface area contributed by atoms with Gasteiger partial charge in [-0.05, 0) is 42.3 Å². The van der Waals surface area contributed by atoms with Crippen LogP contribution < -0.4 is 9.47 Å². The summed E-state index contributed by atoms with van der Waals surface area (Å²) >= 11 is 6.30. The van der Waals surface area contributed by atoms with E-state index in [0.29, 0.717) is 22.9 Å². The number of halogens is 2. The standard InChI is InChI=1S/C24H23ClFNO5/c1-3-31-22(12-24(28)29)16-5-7-17(8-6-16)32-14-15-4-9-20(25)18(10-15)19-11-23(30-2)27-13-21(19)26/h4-11,13,22H,3,12,14H2,1-2H3,(H,28,29)/t22-/m0/s1. The maximum atomic E-state index is 14.3. The van der Waals surface area contributed by atoms with Crippen molar-refractivity contribution in [2.45, 2.75) is 26.1 Å². The van der Waals surface area contributed by atoms with E-state index in [1.165, 1.54) is 13.2 Å². The van der Waals surface area contributed by atoms with Gasteiger partial charge >= 0.3 is 5.97 Å². The number of rotatable bonds is 10. The van der Waals surface area contributed by atoms with E-state index < -0.39 is 17.9 Å². The fourth-order valence-corrected chi connectivity index (χ4v) is 3.40. The highest BCUT2D eigenvalue weighted by atomic mass is 35.5. The molecule has 32 heavy (non-hydrogen) atoms. The van der Waals surface area contributed by atoms with E-state index in [2.05, 4.69) is 4.98 Å². The minimum atomic E-state index is -0.925. The Balaban J connectivity index is 1.74. The van der Waals surface area contributed by atoms with Crippen molar-refractivity contribution in [3.63, 3.8) is 0 Å². The molecule has 0 amide bonds. The van der Waals surface area contributed by atoms with Crippen LogP contribution >= 0.6 is 11.6 Å². The molecule has 168 valence electrons. The lowest BCUT2D eigenvalue weighted by Gasteiger charge is -2.16. The Labute approximate surface area is 190 Å². The van der Waals surface area contributed by atoms with Crippen molar-refractivity contribution < 1.29 is 28.5 Å². The van der Waals surface area contributed by atoms with E-state index in [-0.39, 0.29) is 24.5 Å². The van der Waals surface area contributed by atoms with Crippen LogP contribution in [0, 0.1) is 5.82 Å². The van der Waals surface area contributed by atoms with Crippen molar-refractivity contribution >= 4 is 17.6 Å². The molecule has 0 bridgehead atoms. The highest BCUT2D eigenvalue weighted by Crippen LogP contribution is 2.33. The molecule has 1 atom stereocenters. The summed E-state index contributed by atoms with van der Waals surface area (Å²) in [7, 11) is 1.46. The molecule has 8 heteroatoms. The van der Waals surface area contributed by atoms with E-state index in [1.54, 1.807) is 42.5 Å². The number of carboxylic acids is 1. The normalized spacial score (nSPS) is 11.8. The van der Waals surface area contributed by atoms with Crippen molar-refractivity contribution in [3.8, 4) is 22.8 Å². The third-order valence-corrected chi connectivity index (χ3v) is 5.08. The molecule has 0 aliphatic carbocycles. The second-order valence-electron chi connectivity index (χ2n) is 6.92. The van der Waals surface area contributed by atoms with Crippen molar-refractivity contribution in [2.75, 3.05) is 13.7 Å². The molecular formula is C24H23ClFNO5. The lowest BCUT2D eigenvalue weighted by atomic mass is 10.0. The fraction of sp³-hybridized carbons (Fsp3) is 0.250. The molecule has 0 fully saturated rings. The number of ether oxygens (including phenoxy) is 3. The van der Waals surface area contributed by atoms with E-state index in [1.807, 2.05) is 6.92 Å². The van der Waals surface area contributed by atoms with Crippen LogP contribution in [0.2, 0.25) is 5.02 Å². The number of carboxylic acid groups (broad SMARTS) is 1. The molecule has 0 unspecified atom stereocenters. The minimum Gasteiger partial charge on any atom is -0.489 e. The summed E-state index contributed by atoms with van der Waals surface area (Å²) in [6, 6.07) is 13.8. The van der Waals surface area contributed by atoms with Crippen molar-refractivity contribution in [1.29, 1.82) is 0 Å². The van der Waals surface area contributed by atoms with Crippen LogP contribution in [0.25, 0.3) is 11.1 Å². The quantitative estimate of drug-likeness (QED) is 0.420. The third-order valence-electron chi connectivity index (χ3n) is 4.75. The Hall–Kier alpha value is -3.16. The Morgan fingerprint density at radius 3 is 2.56 bits per heavy atom. The molecule has 3 aromatic rings. The van der Waals surface area contributed by atoms with Crippen LogP contribution in [0.1, 0.15) is 30.6 Å². The number of nitrogens with zero attached hydrogens (tertiary/aromatic N) is 1. The molecule has 1 N–H and O–H groups in total. The van der Waals surface area contributed by atoms with Crippen molar-refractivity contribution in [3.05, 3.63) is 76.7 Å². The first-order chi connectivity index (χ1) is 15.4. The SMILES string of the molecule is CCO[C@@H](CC(=O)O)c1ccc(OCc2ccc(Cl)c(-c3cc(OC)ncc3F)c2)cc1. The molecule has 3 rings (SSSR count). The van der Waals surface area contributed by atoms with Gasteiger partial charge in [0.1, 0.15) is 18.2 Å². The average Bonchev–Trinajstić information content (AvgIpc) is 2.79. The molecule has 1 aromatic heterocycles. The molecule has 1 heterocycles. The summed E-state index contributed by atoms with van der Waals surface area (Å²) in [6.07, 6.45) is 0.463.